The maximum Gasteiger partial charge on any atom is 0.329 e. The zero-order valence-corrected chi connectivity index (χ0v) is 13.3. The molecule has 1 fully saturated rings. The number of carboxylic acids is 1. The number of rotatable bonds is 6. The van der Waals surface area contributed by atoms with Gasteiger partial charge < -0.3 is 14.5 Å². The van der Waals surface area contributed by atoms with Crippen molar-refractivity contribution >= 4 is 11.9 Å². The lowest BCUT2D eigenvalue weighted by atomic mass is 10.0. The first-order valence-electron chi connectivity index (χ1n) is 7.65. The number of aromatic nitrogens is 2. The van der Waals surface area contributed by atoms with Crippen LogP contribution in [0.1, 0.15) is 63.6 Å². The maximum absolute atomic E-state index is 12.1. The predicted molar refractivity (Wildman–Crippen MR) is 78.3 cm³/mol. The highest BCUT2D eigenvalue weighted by molar-refractivity contribution is 5.86. The molecule has 0 saturated heterocycles. The summed E-state index contributed by atoms with van der Waals surface area (Å²) >= 11 is 0. The Hall–Kier alpha value is -1.92. The standard InChI is InChI=1S/C15H23N3O4/c1-15(2,14(20)21)18(3)12(19)9-8-11-16-13(17-22-11)10-6-4-5-7-10/h10H,4-9H2,1-3H3,(H,20,21). The Bertz CT molecular complexity index is 547. The molecule has 2 rings (SSSR count). The SMILES string of the molecule is CN(C(=O)CCc1nc(C2CCCC2)no1)C(C)(C)C(=O)O. The van der Waals surface area contributed by atoms with Crippen LogP contribution in [0.15, 0.2) is 4.52 Å². The molecule has 1 N–H and O–H groups in total. The van der Waals surface area contributed by atoms with E-state index in [0.29, 0.717) is 18.2 Å². The van der Waals surface area contributed by atoms with Crippen LogP contribution in [0, 0.1) is 0 Å². The summed E-state index contributed by atoms with van der Waals surface area (Å²) in [4.78, 5) is 28.9. The van der Waals surface area contributed by atoms with Gasteiger partial charge in [0.05, 0.1) is 0 Å². The highest BCUT2D eigenvalue weighted by Crippen LogP contribution is 2.32. The highest BCUT2D eigenvalue weighted by Gasteiger charge is 2.35. The van der Waals surface area contributed by atoms with Gasteiger partial charge in [-0.2, -0.15) is 4.98 Å². The quantitative estimate of drug-likeness (QED) is 0.863. The van der Waals surface area contributed by atoms with E-state index in [4.69, 9.17) is 9.63 Å². The predicted octanol–water partition coefficient (Wildman–Crippen LogP) is 1.98. The van der Waals surface area contributed by atoms with Crippen LogP contribution in [0.5, 0.6) is 0 Å². The normalized spacial score (nSPS) is 16.0. The Labute approximate surface area is 129 Å². The van der Waals surface area contributed by atoms with Gasteiger partial charge in [0.15, 0.2) is 5.82 Å². The van der Waals surface area contributed by atoms with Gasteiger partial charge in [-0.25, -0.2) is 4.79 Å². The molecule has 22 heavy (non-hydrogen) atoms. The van der Waals surface area contributed by atoms with E-state index in [1.807, 2.05) is 0 Å². The third-order valence-corrected chi connectivity index (χ3v) is 4.49. The van der Waals surface area contributed by atoms with Gasteiger partial charge in [0.1, 0.15) is 5.54 Å². The van der Waals surface area contributed by atoms with Crippen LogP contribution in [-0.2, 0) is 16.0 Å². The van der Waals surface area contributed by atoms with Crippen molar-refractivity contribution in [1.82, 2.24) is 15.0 Å². The summed E-state index contributed by atoms with van der Waals surface area (Å²) in [6, 6.07) is 0. The molecule has 0 spiro atoms. The average Bonchev–Trinajstić information content (AvgIpc) is 3.14. The fraction of sp³-hybridized carbons (Fsp3) is 0.733. The third-order valence-electron chi connectivity index (χ3n) is 4.49. The minimum absolute atomic E-state index is 0.152. The van der Waals surface area contributed by atoms with E-state index >= 15 is 0 Å². The number of aliphatic carboxylic acids is 1. The molecule has 1 heterocycles. The molecule has 0 aromatic carbocycles. The zero-order valence-electron chi connectivity index (χ0n) is 13.3. The van der Waals surface area contributed by atoms with Gasteiger partial charge >= 0.3 is 5.97 Å². The zero-order chi connectivity index (χ0) is 16.3. The summed E-state index contributed by atoms with van der Waals surface area (Å²) in [5.74, 6) is 0.260. The second-order valence-electron chi connectivity index (χ2n) is 6.34. The Morgan fingerprint density at radius 2 is 2.00 bits per heavy atom. The number of carbonyl (C=O) groups excluding carboxylic acids is 1. The fourth-order valence-electron chi connectivity index (χ4n) is 2.56. The van der Waals surface area contributed by atoms with Gasteiger partial charge in [-0.3, -0.25) is 4.79 Å². The van der Waals surface area contributed by atoms with Gasteiger partial charge in [-0.15, -0.1) is 0 Å². The lowest BCUT2D eigenvalue weighted by Gasteiger charge is -2.31. The molecule has 0 atom stereocenters. The number of carboxylic acid groups (broad SMARTS) is 1. The largest absolute Gasteiger partial charge is 0.480 e. The summed E-state index contributed by atoms with van der Waals surface area (Å²) in [6.07, 6.45) is 5.06. The maximum atomic E-state index is 12.1. The molecular formula is C15H23N3O4. The molecule has 7 nitrogen and oxygen atoms in total. The lowest BCUT2D eigenvalue weighted by Crippen LogP contribution is -2.50. The molecule has 1 aromatic rings. The van der Waals surface area contributed by atoms with Crippen LogP contribution < -0.4 is 0 Å². The minimum atomic E-state index is -1.24. The monoisotopic (exact) mass is 309 g/mol. The van der Waals surface area contributed by atoms with Crippen molar-refractivity contribution in [3.05, 3.63) is 11.7 Å². The van der Waals surface area contributed by atoms with Gasteiger partial charge in [-0.05, 0) is 26.7 Å². The third kappa shape index (κ3) is 3.45. The van der Waals surface area contributed by atoms with E-state index in [-0.39, 0.29) is 12.3 Å². The number of hydrogen-bond donors (Lipinski definition) is 1. The van der Waals surface area contributed by atoms with Gasteiger partial charge in [0.2, 0.25) is 11.8 Å². The molecule has 0 bridgehead atoms. The van der Waals surface area contributed by atoms with E-state index in [9.17, 15) is 9.59 Å². The molecular weight excluding hydrogens is 286 g/mol. The average molecular weight is 309 g/mol. The molecule has 122 valence electrons. The van der Waals surface area contributed by atoms with Crippen molar-refractivity contribution in [2.24, 2.45) is 0 Å². The van der Waals surface area contributed by atoms with Crippen LogP contribution in [0.3, 0.4) is 0 Å². The number of carbonyl (C=O) groups is 2. The van der Waals surface area contributed by atoms with Gasteiger partial charge in [0, 0.05) is 25.8 Å². The minimum Gasteiger partial charge on any atom is -0.480 e. The molecule has 1 aromatic heterocycles. The van der Waals surface area contributed by atoms with Gasteiger partial charge in [0.25, 0.3) is 0 Å². The van der Waals surface area contributed by atoms with Crippen molar-refractivity contribution in [1.29, 1.82) is 0 Å². The molecule has 7 heteroatoms. The number of amides is 1. The second kappa shape index (κ2) is 6.46. The number of hydrogen-bond acceptors (Lipinski definition) is 5. The Kier molecular flexibility index (Phi) is 4.83. The summed E-state index contributed by atoms with van der Waals surface area (Å²) in [6.45, 7) is 3.00. The summed E-state index contributed by atoms with van der Waals surface area (Å²) in [5, 5.41) is 13.1. The molecule has 0 aliphatic heterocycles. The summed E-state index contributed by atoms with van der Waals surface area (Å²) < 4.78 is 5.19. The first kappa shape index (κ1) is 16.5. The molecule has 1 saturated carbocycles. The van der Waals surface area contributed by atoms with Crippen molar-refractivity contribution in [3.63, 3.8) is 0 Å². The molecule has 0 radical (unpaired) electrons. The molecule has 0 unspecified atom stereocenters. The molecule has 1 amide bonds. The molecule has 1 aliphatic carbocycles. The van der Waals surface area contributed by atoms with Crippen molar-refractivity contribution in [2.75, 3.05) is 7.05 Å². The Balaban J connectivity index is 1.90. The first-order chi connectivity index (χ1) is 10.3. The van der Waals surface area contributed by atoms with E-state index in [2.05, 4.69) is 10.1 Å². The topological polar surface area (TPSA) is 96.5 Å². The van der Waals surface area contributed by atoms with Crippen LogP contribution in [0.2, 0.25) is 0 Å². The van der Waals surface area contributed by atoms with Crippen molar-refractivity contribution < 1.29 is 19.2 Å². The first-order valence-corrected chi connectivity index (χ1v) is 7.65. The number of likely N-dealkylation sites (N-methyl/N-ethyl adjacent to an activating group) is 1. The second-order valence-corrected chi connectivity index (χ2v) is 6.34. The summed E-state index contributed by atoms with van der Waals surface area (Å²) in [5.41, 5.74) is -1.24. The van der Waals surface area contributed by atoms with Crippen molar-refractivity contribution in [3.8, 4) is 0 Å². The lowest BCUT2D eigenvalue weighted by molar-refractivity contribution is -0.155. The van der Waals surface area contributed by atoms with Crippen LogP contribution in [0.25, 0.3) is 0 Å². The van der Waals surface area contributed by atoms with Crippen LogP contribution in [0.4, 0.5) is 0 Å². The van der Waals surface area contributed by atoms with E-state index < -0.39 is 11.5 Å². The highest BCUT2D eigenvalue weighted by atomic mass is 16.5. The van der Waals surface area contributed by atoms with Crippen molar-refractivity contribution in [2.45, 2.75) is 63.8 Å². The van der Waals surface area contributed by atoms with E-state index in [1.165, 1.54) is 38.6 Å². The number of nitrogens with zero attached hydrogens (tertiary/aromatic N) is 3. The Morgan fingerprint density at radius 1 is 1.36 bits per heavy atom. The van der Waals surface area contributed by atoms with Crippen LogP contribution >= 0.6 is 0 Å². The smallest absolute Gasteiger partial charge is 0.329 e. The van der Waals surface area contributed by atoms with Crippen LogP contribution in [-0.4, -0.2) is 44.6 Å². The van der Waals surface area contributed by atoms with E-state index in [1.54, 1.807) is 0 Å². The Morgan fingerprint density at radius 3 is 2.59 bits per heavy atom. The van der Waals surface area contributed by atoms with Gasteiger partial charge in [-0.1, -0.05) is 18.0 Å². The fourth-order valence-corrected chi connectivity index (χ4v) is 2.56. The molecule has 1 aliphatic rings. The number of aryl methyl sites for hydroxylation is 1. The van der Waals surface area contributed by atoms with E-state index in [0.717, 1.165) is 18.7 Å². The summed E-state index contributed by atoms with van der Waals surface area (Å²) in [7, 11) is 1.49.